The molecule has 1 spiro atoms. The summed E-state index contributed by atoms with van der Waals surface area (Å²) in [5, 5.41) is 0. The van der Waals surface area contributed by atoms with Gasteiger partial charge in [0.05, 0.1) is 5.41 Å². The molecule has 0 nitrogen and oxygen atoms in total. The average molecular weight is 348 g/mol. The summed E-state index contributed by atoms with van der Waals surface area (Å²) in [6.07, 6.45) is 12.7. The highest BCUT2D eigenvalue weighted by molar-refractivity contribution is 5.91. The lowest BCUT2D eigenvalue weighted by molar-refractivity contribution is 0.782. The van der Waals surface area contributed by atoms with E-state index in [4.69, 9.17) is 0 Å². The third kappa shape index (κ3) is 2.10. The average Bonchev–Trinajstić information content (AvgIpc) is 3.15. The van der Waals surface area contributed by atoms with Crippen LogP contribution in [0.1, 0.15) is 25.0 Å². The van der Waals surface area contributed by atoms with Crippen molar-refractivity contribution in [1.82, 2.24) is 0 Å². The Labute approximate surface area is 162 Å². The zero-order valence-electron chi connectivity index (χ0n) is 16.0. The zero-order chi connectivity index (χ0) is 19.0. The van der Waals surface area contributed by atoms with Crippen molar-refractivity contribution < 1.29 is 0 Å². The minimum Gasteiger partial charge on any atom is -0.0991 e. The van der Waals surface area contributed by atoms with Gasteiger partial charge in [0.15, 0.2) is 0 Å². The summed E-state index contributed by atoms with van der Waals surface area (Å²) in [6.45, 7) is 12.4. The Morgan fingerprint density at radius 2 is 1.44 bits per heavy atom. The molecule has 4 rings (SSSR count). The largest absolute Gasteiger partial charge is 0.0991 e. The van der Waals surface area contributed by atoms with Crippen molar-refractivity contribution in [3.63, 3.8) is 0 Å². The van der Waals surface area contributed by atoms with Crippen LogP contribution in [-0.2, 0) is 5.41 Å². The number of benzene rings is 2. The highest BCUT2D eigenvalue weighted by Gasteiger charge is 2.52. The quantitative estimate of drug-likeness (QED) is 0.556. The van der Waals surface area contributed by atoms with E-state index in [2.05, 4.69) is 99.8 Å². The second-order valence-electron chi connectivity index (χ2n) is 6.89. The van der Waals surface area contributed by atoms with Crippen molar-refractivity contribution >= 4 is 0 Å². The lowest BCUT2D eigenvalue weighted by Gasteiger charge is -2.32. The molecular formula is C27H24. The Bertz CT molecular complexity index is 1020. The number of rotatable bonds is 3. The van der Waals surface area contributed by atoms with Crippen LogP contribution in [0.4, 0.5) is 0 Å². The van der Waals surface area contributed by atoms with Gasteiger partial charge in [-0.25, -0.2) is 0 Å². The molecule has 2 aromatic rings. The molecule has 0 fully saturated rings. The molecule has 0 saturated heterocycles. The topological polar surface area (TPSA) is 0 Å². The molecule has 0 amide bonds. The summed E-state index contributed by atoms with van der Waals surface area (Å²) >= 11 is 0. The highest BCUT2D eigenvalue weighted by atomic mass is 14.5. The summed E-state index contributed by atoms with van der Waals surface area (Å²) in [5.74, 6) is 0. The van der Waals surface area contributed by atoms with Crippen LogP contribution in [0, 0.1) is 0 Å². The molecule has 0 radical (unpaired) electrons. The van der Waals surface area contributed by atoms with Crippen molar-refractivity contribution in [1.29, 1.82) is 0 Å². The van der Waals surface area contributed by atoms with Crippen LogP contribution in [0.2, 0.25) is 0 Å². The fraction of sp³-hybridized carbons (Fsp3) is 0.111. The van der Waals surface area contributed by atoms with Gasteiger partial charge in [-0.2, -0.15) is 0 Å². The first-order chi connectivity index (χ1) is 13.2. The summed E-state index contributed by atoms with van der Waals surface area (Å²) in [6, 6.07) is 17.6. The van der Waals surface area contributed by atoms with E-state index in [1.54, 1.807) is 0 Å². The molecule has 0 N–H and O–H groups in total. The molecule has 0 heteroatoms. The van der Waals surface area contributed by atoms with Gasteiger partial charge in [-0.3, -0.25) is 0 Å². The van der Waals surface area contributed by atoms with Crippen molar-refractivity contribution in [2.75, 3.05) is 0 Å². The fourth-order valence-electron chi connectivity index (χ4n) is 4.90. The molecular weight excluding hydrogens is 324 g/mol. The Kier molecular flexibility index (Phi) is 4.20. The second-order valence-corrected chi connectivity index (χ2v) is 6.89. The van der Waals surface area contributed by atoms with Crippen LogP contribution < -0.4 is 0 Å². The normalized spacial score (nSPS) is 19.9. The predicted molar refractivity (Wildman–Crippen MR) is 117 cm³/mol. The van der Waals surface area contributed by atoms with Gasteiger partial charge in [-0.1, -0.05) is 98.1 Å². The standard InChI is InChI=1S/C27H24/c1-5-13-23-19(7-3)20(8-4)24(14-6-2)27(23)25-17-11-9-15-21(25)22-16-10-12-18-26(22)27/h5-18H,1,4H2,2-3H3/b14-6-,19-7-,23-13+. The van der Waals surface area contributed by atoms with Crippen molar-refractivity contribution in [3.8, 4) is 11.1 Å². The number of hydrogen-bond acceptors (Lipinski definition) is 0. The smallest absolute Gasteiger partial charge is 0.0725 e. The van der Waals surface area contributed by atoms with Gasteiger partial charge in [-0.15, -0.1) is 0 Å². The number of fused-ring (bicyclic) bond motifs is 5. The first kappa shape index (κ1) is 17.3. The molecule has 0 saturated carbocycles. The fourth-order valence-corrected chi connectivity index (χ4v) is 4.90. The van der Waals surface area contributed by atoms with E-state index < -0.39 is 0 Å². The third-order valence-electron chi connectivity index (χ3n) is 5.74. The molecule has 0 unspecified atom stereocenters. The van der Waals surface area contributed by atoms with E-state index in [-0.39, 0.29) is 5.41 Å². The van der Waals surface area contributed by atoms with E-state index in [1.165, 1.54) is 44.5 Å². The van der Waals surface area contributed by atoms with Crippen molar-refractivity contribution in [3.05, 3.63) is 132 Å². The van der Waals surface area contributed by atoms with Crippen LogP contribution in [0.15, 0.2) is 120 Å². The van der Waals surface area contributed by atoms with Gasteiger partial charge in [0, 0.05) is 0 Å². The van der Waals surface area contributed by atoms with Gasteiger partial charge in [0.25, 0.3) is 0 Å². The summed E-state index contributed by atoms with van der Waals surface area (Å²) in [4.78, 5) is 0. The predicted octanol–water partition coefficient (Wildman–Crippen LogP) is 7.08. The maximum absolute atomic E-state index is 4.15. The van der Waals surface area contributed by atoms with Crippen molar-refractivity contribution in [2.24, 2.45) is 0 Å². The third-order valence-corrected chi connectivity index (χ3v) is 5.74. The molecule has 2 aliphatic carbocycles. The van der Waals surface area contributed by atoms with E-state index in [9.17, 15) is 0 Å². The SMILES string of the molecule is C=C/C=C1\C(=C/C)C(C=C)=C(/C=C\C)C12c1ccccc1-c1ccccc12. The molecule has 27 heavy (non-hydrogen) atoms. The van der Waals surface area contributed by atoms with Crippen LogP contribution in [0.25, 0.3) is 11.1 Å². The molecule has 0 bridgehead atoms. The van der Waals surface area contributed by atoms with Gasteiger partial charge < -0.3 is 0 Å². The Balaban J connectivity index is 2.26. The Hall–Kier alpha value is -3.12. The first-order valence-electron chi connectivity index (χ1n) is 9.45. The molecule has 132 valence electrons. The van der Waals surface area contributed by atoms with E-state index >= 15 is 0 Å². The molecule has 0 aromatic heterocycles. The minimum absolute atomic E-state index is 0.320. The maximum atomic E-state index is 4.15. The van der Waals surface area contributed by atoms with E-state index in [0.717, 1.165) is 0 Å². The van der Waals surface area contributed by atoms with Gasteiger partial charge in [0.1, 0.15) is 0 Å². The van der Waals surface area contributed by atoms with Crippen LogP contribution in [0.5, 0.6) is 0 Å². The molecule has 2 aliphatic rings. The van der Waals surface area contributed by atoms with Crippen LogP contribution in [-0.4, -0.2) is 0 Å². The zero-order valence-corrected chi connectivity index (χ0v) is 16.0. The lowest BCUT2D eigenvalue weighted by atomic mass is 9.69. The van der Waals surface area contributed by atoms with Gasteiger partial charge in [0.2, 0.25) is 0 Å². The Morgan fingerprint density at radius 3 is 1.93 bits per heavy atom. The first-order valence-corrected chi connectivity index (χ1v) is 9.45. The lowest BCUT2D eigenvalue weighted by Crippen LogP contribution is -2.27. The van der Waals surface area contributed by atoms with Crippen LogP contribution in [0.3, 0.4) is 0 Å². The molecule has 2 aromatic carbocycles. The second kappa shape index (κ2) is 6.55. The number of allylic oxidation sites excluding steroid dienone is 10. The molecule has 0 aliphatic heterocycles. The Morgan fingerprint density at radius 1 is 0.852 bits per heavy atom. The minimum atomic E-state index is -0.320. The molecule has 0 heterocycles. The molecule has 0 atom stereocenters. The van der Waals surface area contributed by atoms with Crippen molar-refractivity contribution in [2.45, 2.75) is 19.3 Å². The summed E-state index contributed by atoms with van der Waals surface area (Å²) in [5.41, 5.74) is 9.99. The summed E-state index contributed by atoms with van der Waals surface area (Å²) < 4.78 is 0. The maximum Gasteiger partial charge on any atom is 0.0725 e. The monoisotopic (exact) mass is 348 g/mol. The van der Waals surface area contributed by atoms with Crippen LogP contribution >= 0.6 is 0 Å². The van der Waals surface area contributed by atoms with Gasteiger partial charge >= 0.3 is 0 Å². The number of hydrogen-bond donors (Lipinski definition) is 0. The van der Waals surface area contributed by atoms with E-state index in [0.29, 0.717) is 0 Å². The summed E-state index contributed by atoms with van der Waals surface area (Å²) in [7, 11) is 0. The van der Waals surface area contributed by atoms with Gasteiger partial charge in [-0.05, 0) is 58.4 Å². The highest BCUT2D eigenvalue weighted by Crippen LogP contribution is 2.63. The van der Waals surface area contributed by atoms with E-state index in [1.807, 2.05) is 12.2 Å².